The molecule has 2 heterocycles. The Hall–Kier alpha value is -2.08. The van der Waals surface area contributed by atoms with E-state index in [-0.39, 0.29) is 0 Å². The van der Waals surface area contributed by atoms with Crippen molar-refractivity contribution in [3.05, 3.63) is 59.7 Å². The standard InChI is InChI=1S/C26H36N2O3/c1-30-25-12-6-4-10-23(25)26(29)13-17-28(18-14-26)21-22-9-3-5-11-24(22)31-20-19-27-15-7-2-8-16-27/h3-6,9-12,29H,2,7-8,13-21H2,1H3. The predicted molar refractivity (Wildman–Crippen MR) is 124 cm³/mol. The molecule has 2 aliphatic rings. The summed E-state index contributed by atoms with van der Waals surface area (Å²) >= 11 is 0. The number of para-hydroxylation sites is 2. The molecule has 0 aromatic heterocycles. The van der Waals surface area contributed by atoms with Crippen molar-refractivity contribution in [2.24, 2.45) is 0 Å². The average Bonchev–Trinajstić information content (AvgIpc) is 2.82. The van der Waals surface area contributed by atoms with Gasteiger partial charge in [0.2, 0.25) is 0 Å². The molecular weight excluding hydrogens is 388 g/mol. The molecular formula is C26H36N2O3. The molecule has 31 heavy (non-hydrogen) atoms. The van der Waals surface area contributed by atoms with Crippen LogP contribution in [0, 0.1) is 0 Å². The SMILES string of the molecule is COc1ccccc1C1(O)CCN(Cc2ccccc2OCCN2CCCCC2)CC1. The van der Waals surface area contributed by atoms with Gasteiger partial charge in [0.05, 0.1) is 12.7 Å². The molecule has 0 radical (unpaired) electrons. The first-order chi connectivity index (χ1) is 15.2. The van der Waals surface area contributed by atoms with Crippen LogP contribution in [0.15, 0.2) is 48.5 Å². The van der Waals surface area contributed by atoms with Crippen LogP contribution in [0.3, 0.4) is 0 Å². The highest BCUT2D eigenvalue weighted by Crippen LogP contribution is 2.38. The second kappa shape index (κ2) is 10.5. The van der Waals surface area contributed by atoms with Crippen molar-refractivity contribution in [3.8, 4) is 11.5 Å². The number of hydrogen-bond donors (Lipinski definition) is 1. The summed E-state index contributed by atoms with van der Waals surface area (Å²) in [7, 11) is 1.67. The number of benzene rings is 2. The number of methoxy groups -OCH3 is 1. The zero-order valence-corrected chi connectivity index (χ0v) is 18.8. The van der Waals surface area contributed by atoms with Crippen molar-refractivity contribution in [2.75, 3.05) is 46.4 Å². The maximum Gasteiger partial charge on any atom is 0.124 e. The summed E-state index contributed by atoms with van der Waals surface area (Å²) in [6.07, 6.45) is 5.39. The van der Waals surface area contributed by atoms with Crippen LogP contribution in [-0.4, -0.2) is 61.3 Å². The number of aliphatic hydroxyl groups is 1. The predicted octanol–water partition coefficient (Wildman–Crippen LogP) is 4.04. The van der Waals surface area contributed by atoms with Gasteiger partial charge in [-0.3, -0.25) is 9.80 Å². The number of ether oxygens (including phenoxy) is 2. The maximum absolute atomic E-state index is 11.3. The molecule has 0 bridgehead atoms. The van der Waals surface area contributed by atoms with Crippen LogP contribution < -0.4 is 9.47 Å². The van der Waals surface area contributed by atoms with Gasteiger partial charge in [-0.15, -0.1) is 0 Å². The molecule has 2 aromatic rings. The molecule has 168 valence electrons. The Bertz CT molecular complexity index is 827. The van der Waals surface area contributed by atoms with Crippen molar-refractivity contribution >= 4 is 0 Å². The normalized spacial score (nSPS) is 19.8. The fourth-order valence-electron chi connectivity index (χ4n) is 4.86. The highest BCUT2D eigenvalue weighted by atomic mass is 16.5. The smallest absolute Gasteiger partial charge is 0.124 e. The topological polar surface area (TPSA) is 45.2 Å². The minimum Gasteiger partial charge on any atom is -0.496 e. The van der Waals surface area contributed by atoms with Crippen LogP contribution >= 0.6 is 0 Å². The zero-order chi connectivity index (χ0) is 21.5. The number of rotatable bonds is 8. The lowest BCUT2D eigenvalue weighted by molar-refractivity contribution is -0.0293. The summed E-state index contributed by atoms with van der Waals surface area (Å²) in [6.45, 7) is 6.69. The zero-order valence-electron chi connectivity index (χ0n) is 18.8. The Labute approximate surface area is 186 Å². The molecule has 5 nitrogen and oxygen atoms in total. The van der Waals surface area contributed by atoms with E-state index < -0.39 is 5.60 Å². The lowest BCUT2D eigenvalue weighted by Gasteiger charge is -2.39. The second-order valence-electron chi connectivity index (χ2n) is 8.87. The number of nitrogens with zero attached hydrogens (tertiary/aromatic N) is 2. The van der Waals surface area contributed by atoms with Crippen LogP contribution in [0.1, 0.15) is 43.2 Å². The first kappa shape index (κ1) is 22.1. The second-order valence-corrected chi connectivity index (χ2v) is 8.87. The highest BCUT2D eigenvalue weighted by molar-refractivity contribution is 5.38. The summed E-state index contributed by atoms with van der Waals surface area (Å²) in [5.41, 5.74) is 1.30. The van der Waals surface area contributed by atoms with Crippen LogP contribution in [0.4, 0.5) is 0 Å². The van der Waals surface area contributed by atoms with Gasteiger partial charge in [-0.2, -0.15) is 0 Å². The van der Waals surface area contributed by atoms with Gasteiger partial charge in [0, 0.05) is 37.3 Å². The maximum atomic E-state index is 11.3. The largest absolute Gasteiger partial charge is 0.496 e. The number of likely N-dealkylation sites (tertiary alicyclic amines) is 2. The molecule has 2 fully saturated rings. The van der Waals surface area contributed by atoms with E-state index in [1.54, 1.807) is 7.11 Å². The summed E-state index contributed by atoms with van der Waals surface area (Å²) < 4.78 is 11.7. The van der Waals surface area contributed by atoms with E-state index in [0.29, 0.717) is 12.8 Å². The monoisotopic (exact) mass is 424 g/mol. The van der Waals surface area contributed by atoms with Crippen molar-refractivity contribution in [3.63, 3.8) is 0 Å². The molecule has 0 atom stereocenters. The molecule has 0 aliphatic carbocycles. The van der Waals surface area contributed by atoms with Crippen LogP contribution in [0.5, 0.6) is 11.5 Å². The summed E-state index contributed by atoms with van der Waals surface area (Å²) in [5, 5.41) is 11.3. The Kier molecular flexibility index (Phi) is 7.49. The molecule has 5 heteroatoms. The van der Waals surface area contributed by atoms with Crippen molar-refractivity contribution < 1.29 is 14.6 Å². The van der Waals surface area contributed by atoms with E-state index >= 15 is 0 Å². The Morgan fingerprint density at radius 3 is 2.26 bits per heavy atom. The Balaban J connectivity index is 1.32. The number of piperidine rings is 2. The summed E-state index contributed by atoms with van der Waals surface area (Å²) in [6, 6.07) is 16.2. The van der Waals surface area contributed by atoms with E-state index in [1.165, 1.54) is 37.9 Å². The third kappa shape index (κ3) is 5.59. The molecule has 0 unspecified atom stereocenters. The van der Waals surface area contributed by atoms with Crippen molar-refractivity contribution in [1.29, 1.82) is 0 Å². The average molecular weight is 425 g/mol. The Morgan fingerprint density at radius 2 is 1.52 bits per heavy atom. The van der Waals surface area contributed by atoms with Crippen LogP contribution in [-0.2, 0) is 12.1 Å². The molecule has 0 spiro atoms. The third-order valence-corrected chi connectivity index (χ3v) is 6.77. The van der Waals surface area contributed by atoms with Gasteiger partial charge < -0.3 is 14.6 Å². The first-order valence-electron chi connectivity index (χ1n) is 11.7. The van der Waals surface area contributed by atoms with Gasteiger partial charge in [-0.25, -0.2) is 0 Å². The van der Waals surface area contributed by atoms with Gasteiger partial charge in [-0.05, 0) is 50.9 Å². The van der Waals surface area contributed by atoms with E-state index in [4.69, 9.17) is 9.47 Å². The van der Waals surface area contributed by atoms with Crippen molar-refractivity contribution in [1.82, 2.24) is 9.80 Å². The fourth-order valence-corrected chi connectivity index (χ4v) is 4.86. The van der Waals surface area contributed by atoms with E-state index in [1.807, 2.05) is 24.3 Å². The minimum absolute atomic E-state index is 0.700. The van der Waals surface area contributed by atoms with Crippen molar-refractivity contribution in [2.45, 2.75) is 44.2 Å². The lowest BCUT2D eigenvalue weighted by atomic mass is 9.83. The molecule has 4 rings (SSSR count). The molecule has 1 N–H and O–H groups in total. The number of hydrogen-bond acceptors (Lipinski definition) is 5. The van der Waals surface area contributed by atoms with Gasteiger partial charge in [0.25, 0.3) is 0 Å². The van der Waals surface area contributed by atoms with Gasteiger partial charge >= 0.3 is 0 Å². The molecule has 2 saturated heterocycles. The van der Waals surface area contributed by atoms with Crippen LogP contribution in [0.25, 0.3) is 0 Å². The molecule has 2 aliphatic heterocycles. The quantitative estimate of drug-likeness (QED) is 0.693. The van der Waals surface area contributed by atoms with Gasteiger partial charge in [0.1, 0.15) is 18.1 Å². The Morgan fingerprint density at radius 1 is 0.839 bits per heavy atom. The van der Waals surface area contributed by atoms with Gasteiger partial charge in [0.15, 0.2) is 0 Å². The molecule has 2 aromatic carbocycles. The van der Waals surface area contributed by atoms with E-state index in [2.05, 4.69) is 34.1 Å². The molecule has 0 amide bonds. The summed E-state index contributed by atoms with van der Waals surface area (Å²) in [5.74, 6) is 1.76. The third-order valence-electron chi connectivity index (χ3n) is 6.77. The van der Waals surface area contributed by atoms with E-state index in [9.17, 15) is 5.11 Å². The minimum atomic E-state index is -0.826. The van der Waals surface area contributed by atoms with Crippen LogP contribution in [0.2, 0.25) is 0 Å². The summed E-state index contributed by atoms with van der Waals surface area (Å²) in [4.78, 5) is 4.92. The van der Waals surface area contributed by atoms with E-state index in [0.717, 1.165) is 49.8 Å². The first-order valence-corrected chi connectivity index (χ1v) is 11.7. The fraction of sp³-hybridized carbons (Fsp3) is 0.538. The lowest BCUT2D eigenvalue weighted by Crippen LogP contribution is -2.42. The highest BCUT2D eigenvalue weighted by Gasteiger charge is 2.36. The van der Waals surface area contributed by atoms with Gasteiger partial charge in [-0.1, -0.05) is 42.8 Å². The molecule has 0 saturated carbocycles.